The Hall–Kier alpha value is -2.62. The van der Waals surface area contributed by atoms with E-state index < -0.39 is 24.1 Å². The molecule has 0 aromatic heterocycles. The third kappa shape index (κ3) is 4.65. The molecule has 0 atom stereocenters. The van der Waals surface area contributed by atoms with E-state index in [4.69, 9.17) is 18.8 Å². The van der Waals surface area contributed by atoms with Crippen LogP contribution in [0.2, 0.25) is 0 Å². The number of carbonyl (C=O) groups excluding carboxylic acids is 1. The van der Waals surface area contributed by atoms with Crippen LogP contribution in [-0.2, 0) is 20.6 Å². The molecule has 0 bridgehead atoms. The number of ether oxygens (including phenoxy) is 2. The zero-order valence-electron chi connectivity index (χ0n) is 20.7. The van der Waals surface area contributed by atoms with Gasteiger partial charge in [0.25, 0.3) is 0 Å². The summed E-state index contributed by atoms with van der Waals surface area (Å²) in [6, 6.07) is 10.4. The molecule has 0 radical (unpaired) electrons. The van der Waals surface area contributed by atoms with Gasteiger partial charge in [-0.1, -0.05) is 12.1 Å². The molecule has 0 N–H and O–H groups in total. The minimum Gasteiger partial charge on any atom is -0.497 e. The Balaban J connectivity index is 1.51. The average Bonchev–Trinajstić information content (AvgIpc) is 3.02. The lowest BCUT2D eigenvalue weighted by Gasteiger charge is -2.35. The van der Waals surface area contributed by atoms with Crippen LogP contribution in [0.25, 0.3) is 0 Å². The van der Waals surface area contributed by atoms with Gasteiger partial charge in [-0.05, 0) is 51.4 Å². The molecular formula is C25H32BFN2O5. The highest BCUT2D eigenvalue weighted by Gasteiger charge is 2.51. The van der Waals surface area contributed by atoms with Crippen LogP contribution < -0.4 is 19.8 Å². The molecule has 34 heavy (non-hydrogen) atoms. The van der Waals surface area contributed by atoms with Crippen molar-refractivity contribution in [1.82, 2.24) is 4.90 Å². The van der Waals surface area contributed by atoms with Gasteiger partial charge in [-0.3, -0.25) is 14.6 Å². The summed E-state index contributed by atoms with van der Waals surface area (Å²) in [5.41, 5.74) is 0.771. The molecule has 2 saturated heterocycles. The summed E-state index contributed by atoms with van der Waals surface area (Å²) in [4.78, 5) is 16.3. The Kier molecular flexibility index (Phi) is 6.64. The van der Waals surface area contributed by atoms with Gasteiger partial charge in [-0.2, -0.15) is 0 Å². The monoisotopic (exact) mass is 470 g/mol. The van der Waals surface area contributed by atoms with Crippen molar-refractivity contribution in [2.75, 3.05) is 32.3 Å². The number of rotatable bonds is 6. The van der Waals surface area contributed by atoms with E-state index in [0.29, 0.717) is 36.5 Å². The number of amides is 1. The van der Waals surface area contributed by atoms with Crippen LogP contribution in [0.4, 0.5) is 10.1 Å². The third-order valence-electron chi connectivity index (χ3n) is 6.96. The van der Waals surface area contributed by atoms with Gasteiger partial charge in [-0.15, -0.1) is 0 Å². The molecule has 0 spiro atoms. The van der Waals surface area contributed by atoms with Crippen molar-refractivity contribution in [3.05, 3.63) is 47.8 Å². The fraction of sp³-hybridized carbons (Fsp3) is 0.480. The number of anilines is 1. The Bertz CT molecular complexity index is 1060. The number of halogens is 1. The molecule has 0 unspecified atom stereocenters. The number of methoxy groups -OCH3 is 2. The smallest absolute Gasteiger partial charge is 0.494 e. The maximum atomic E-state index is 15.2. The van der Waals surface area contributed by atoms with Crippen molar-refractivity contribution in [2.45, 2.75) is 51.9 Å². The number of nitrogens with zero attached hydrogens (tertiary/aromatic N) is 2. The van der Waals surface area contributed by atoms with Crippen LogP contribution in [0, 0.1) is 5.82 Å². The van der Waals surface area contributed by atoms with E-state index in [1.807, 2.05) is 45.9 Å². The Labute approximate surface area is 200 Å². The summed E-state index contributed by atoms with van der Waals surface area (Å²) in [6.07, 6.45) is 0.302. The second-order valence-electron chi connectivity index (χ2n) is 9.74. The minimum atomic E-state index is -0.662. The van der Waals surface area contributed by atoms with Crippen molar-refractivity contribution < 1.29 is 28.0 Å². The first kappa shape index (κ1) is 24.5. The van der Waals surface area contributed by atoms with Crippen molar-refractivity contribution in [3.63, 3.8) is 0 Å². The topological polar surface area (TPSA) is 60.5 Å². The molecule has 2 heterocycles. The predicted octanol–water partition coefficient (Wildman–Crippen LogP) is 3.34. The number of hydrogen-bond donors (Lipinski definition) is 0. The third-order valence-corrected chi connectivity index (χ3v) is 6.96. The van der Waals surface area contributed by atoms with Crippen LogP contribution in [-0.4, -0.2) is 56.6 Å². The average molecular weight is 470 g/mol. The largest absolute Gasteiger partial charge is 0.497 e. The molecule has 9 heteroatoms. The number of carbonyl (C=O) groups is 1. The summed E-state index contributed by atoms with van der Waals surface area (Å²) in [6.45, 7) is 9.24. The molecule has 182 valence electrons. The molecule has 2 aromatic carbocycles. The highest BCUT2D eigenvalue weighted by molar-refractivity contribution is 6.62. The maximum absolute atomic E-state index is 15.2. The second kappa shape index (κ2) is 9.21. The van der Waals surface area contributed by atoms with Gasteiger partial charge in [0.15, 0.2) is 0 Å². The van der Waals surface area contributed by atoms with Gasteiger partial charge in [0, 0.05) is 31.1 Å². The summed E-state index contributed by atoms with van der Waals surface area (Å²) in [7, 11) is 2.56. The van der Waals surface area contributed by atoms with Gasteiger partial charge in [0.2, 0.25) is 5.91 Å². The van der Waals surface area contributed by atoms with Crippen LogP contribution in [0.5, 0.6) is 11.5 Å². The molecule has 2 aliphatic rings. The zero-order valence-corrected chi connectivity index (χ0v) is 20.7. The van der Waals surface area contributed by atoms with E-state index in [2.05, 4.69) is 4.90 Å². The van der Waals surface area contributed by atoms with Crippen LogP contribution in [0.15, 0.2) is 36.4 Å². The quantitative estimate of drug-likeness (QED) is 0.604. The van der Waals surface area contributed by atoms with E-state index in [-0.39, 0.29) is 18.3 Å². The van der Waals surface area contributed by atoms with Crippen molar-refractivity contribution in [2.24, 2.45) is 0 Å². The molecule has 2 fully saturated rings. The minimum absolute atomic E-state index is 0.111. The molecule has 0 aliphatic carbocycles. The van der Waals surface area contributed by atoms with Gasteiger partial charge in [0.1, 0.15) is 17.3 Å². The van der Waals surface area contributed by atoms with Gasteiger partial charge >= 0.3 is 7.12 Å². The fourth-order valence-corrected chi connectivity index (χ4v) is 4.17. The Morgan fingerprint density at radius 2 is 1.74 bits per heavy atom. The van der Waals surface area contributed by atoms with Crippen LogP contribution in [0.3, 0.4) is 0 Å². The lowest BCUT2D eigenvalue weighted by atomic mass is 9.79. The van der Waals surface area contributed by atoms with Gasteiger partial charge in [0.05, 0.1) is 37.8 Å². The number of hydrogen-bond acceptors (Lipinski definition) is 6. The summed E-state index contributed by atoms with van der Waals surface area (Å²) < 4.78 is 38.1. The summed E-state index contributed by atoms with van der Waals surface area (Å²) in [5.74, 6) is 0.825. The SMILES string of the molecule is COc1ccc(CN2CCC(=O)N(c3ccc(B4OC(C)(C)C(C)(C)O4)cc3F)C2)c(OC)c1. The van der Waals surface area contributed by atoms with Crippen molar-refractivity contribution in [1.29, 1.82) is 0 Å². The molecule has 2 aromatic rings. The van der Waals surface area contributed by atoms with Crippen molar-refractivity contribution >= 4 is 24.2 Å². The van der Waals surface area contributed by atoms with Gasteiger partial charge < -0.3 is 18.8 Å². The fourth-order valence-electron chi connectivity index (χ4n) is 4.17. The normalized spacial score (nSPS) is 20.0. The lowest BCUT2D eigenvalue weighted by Crippen LogP contribution is -2.48. The first-order chi connectivity index (χ1) is 16.0. The highest BCUT2D eigenvalue weighted by Crippen LogP contribution is 2.37. The first-order valence-corrected chi connectivity index (χ1v) is 11.4. The van der Waals surface area contributed by atoms with E-state index in [9.17, 15) is 4.79 Å². The Morgan fingerprint density at radius 3 is 2.35 bits per heavy atom. The van der Waals surface area contributed by atoms with Crippen LogP contribution >= 0.6 is 0 Å². The van der Waals surface area contributed by atoms with E-state index in [0.717, 1.165) is 5.56 Å². The van der Waals surface area contributed by atoms with E-state index in [1.165, 1.54) is 11.0 Å². The maximum Gasteiger partial charge on any atom is 0.494 e. The second-order valence-corrected chi connectivity index (χ2v) is 9.74. The predicted molar refractivity (Wildman–Crippen MR) is 129 cm³/mol. The molecular weight excluding hydrogens is 438 g/mol. The van der Waals surface area contributed by atoms with E-state index >= 15 is 4.39 Å². The highest BCUT2D eigenvalue weighted by atomic mass is 19.1. The number of benzene rings is 2. The molecule has 4 rings (SSSR count). The van der Waals surface area contributed by atoms with Gasteiger partial charge in [-0.25, -0.2) is 4.39 Å². The Morgan fingerprint density at radius 1 is 1.03 bits per heavy atom. The molecule has 7 nitrogen and oxygen atoms in total. The van der Waals surface area contributed by atoms with Crippen molar-refractivity contribution in [3.8, 4) is 11.5 Å². The molecule has 2 aliphatic heterocycles. The van der Waals surface area contributed by atoms with Crippen LogP contribution in [0.1, 0.15) is 39.7 Å². The first-order valence-electron chi connectivity index (χ1n) is 11.4. The summed E-state index contributed by atoms with van der Waals surface area (Å²) >= 11 is 0. The van der Waals surface area contributed by atoms with E-state index in [1.54, 1.807) is 26.4 Å². The molecule has 0 saturated carbocycles. The zero-order chi connectivity index (χ0) is 24.7. The summed E-state index contributed by atoms with van der Waals surface area (Å²) in [5, 5.41) is 0. The lowest BCUT2D eigenvalue weighted by molar-refractivity contribution is -0.121. The standard InChI is InChI=1S/C25H32BFN2O5/c1-24(2)25(3,4)34-26(33-24)18-8-10-21(20(27)13-18)29-16-28(12-11-23(29)30)15-17-7-9-19(31-5)14-22(17)32-6/h7-10,13-14H,11-12,15-16H2,1-6H3. The molecule has 1 amide bonds.